The summed E-state index contributed by atoms with van der Waals surface area (Å²) >= 11 is 0. The highest BCUT2D eigenvalue weighted by atomic mass is 19.1. The van der Waals surface area contributed by atoms with E-state index in [1.165, 1.54) is 12.8 Å². The minimum atomic E-state index is -0.106. The number of hydrogen-bond donors (Lipinski definition) is 1. The third-order valence-electron chi connectivity index (χ3n) is 4.49. The molecule has 3 unspecified atom stereocenters. The summed E-state index contributed by atoms with van der Waals surface area (Å²) in [5.74, 6) is 0.582. The smallest absolute Gasteiger partial charge is 0.126 e. The lowest BCUT2D eigenvalue weighted by Crippen LogP contribution is -2.33. The first kappa shape index (κ1) is 14.5. The Kier molecular flexibility index (Phi) is 4.00. The Balaban J connectivity index is 2.05. The van der Waals surface area contributed by atoms with Crippen LogP contribution in [0.2, 0.25) is 0 Å². The molecule has 2 rings (SSSR count). The van der Waals surface area contributed by atoms with Crippen molar-refractivity contribution in [3.63, 3.8) is 0 Å². The summed E-state index contributed by atoms with van der Waals surface area (Å²) in [6, 6.07) is 6.30. The first-order chi connectivity index (χ1) is 8.78. The number of benzene rings is 1. The normalized spacial score (nSPS) is 27.5. The van der Waals surface area contributed by atoms with Crippen molar-refractivity contribution in [1.29, 1.82) is 0 Å². The second-order valence-corrected chi connectivity index (χ2v) is 7.05. The van der Waals surface area contributed by atoms with E-state index in [0.29, 0.717) is 22.9 Å². The highest BCUT2D eigenvalue weighted by Gasteiger charge is 2.37. The van der Waals surface area contributed by atoms with E-state index >= 15 is 0 Å². The van der Waals surface area contributed by atoms with Crippen LogP contribution in [0.25, 0.3) is 0 Å². The molecule has 0 spiro atoms. The Hall–Kier alpha value is -0.890. The molecule has 0 aliphatic heterocycles. The molecule has 0 amide bonds. The van der Waals surface area contributed by atoms with Gasteiger partial charge in [0, 0.05) is 12.1 Å². The topological polar surface area (TPSA) is 12.0 Å². The molecular formula is C17H26FN. The fourth-order valence-electron chi connectivity index (χ4n) is 3.41. The van der Waals surface area contributed by atoms with Gasteiger partial charge in [0.15, 0.2) is 0 Å². The number of aryl methyl sites for hydroxylation is 1. The van der Waals surface area contributed by atoms with Crippen molar-refractivity contribution in [2.75, 3.05) is 0 Å². The molecule has 2 heteroatoms. The van der Waals surface area contributed by atoms with Crippen molar-refractivity contribution in [2.24, 2.45) is 11.3 Å². The van der Waals surface area contributed by atoms with Crippen molar-refractivity contribution in [3.05, 3.63) is 35.1 Å². The maximum absolute atomic E-state index is 13.6. The van der Waals surface area contributed by atoms with Gasteiger partial charge < -0.3 is 5.32 Å². The molecule has 1 nitrogen and oxygen atoms in total. The fraction of sp³-hybridized carbons (Fsp3) is 0.647. The highest BCUT2D eigenvalue weighted by Crippen LogP contribution is 2.41. The fourth-order valence-corrected chi connectivity index (χ4v) is 3.41. The number of nitrogens with one attached hydrogen (secondary N) is 1. The van der Waals surface area contributed by atoms with Crippen molar-refractivity contribution >= 4 is 0 Å². The molecule has 1 fully saturated rings. The first-order valence-corrected chi connectivity index (χ1v) is 7.30. The monoisotopic (exact) mass is 263 g/mol. The van der Waals surface area contributed by atoms with Gasteiger partial charge in [-0.15, -0.1) is 0 Å². The molecule has 0 heterocycles. The zero-order valence-electron chi connectivity index (χ0n) is 12.8. The molecular weight excluding hydrogens is 237 g/mol. The summed E-state index contributed by atoms with van der Waals surface area (Å²) in [6.07, 6.45) is 2.46. The zero-order valence-corrected chi connectivity index (χ0v) is 12.8. The molecule has 106 valence electrons. The van der Waals surface area contributed by atoms with Gasteiger partial charge in [-0.25, -0.2) is 4.39 Å². The van der Waals surface area contributed by atoms with E-state index in [1.54, 1.807) is 13.0 Å². The molecule has 1 aliphatic rings. The first-order valence-electron chi connectivity index (χ1n) is 7.30. The summed E-state index contributed by atoms with van der Waals surface area (Å²) < 4.78 is 13.6. The molecule has 1 aliphatic carbocycles. The van der Waals surface area contributed by atoms with Crippen LogP contribution in [-0.4, -0.2) is 6.04 Å². The van der Waals surface area contributed by atoms with Crippen LogP contribution in [0, 0.1) is 24.1 Å². The van der Waals surface area contributed by atoms with Gasteiger partial charge in [-0.2, -0.15) is 0 Å². The second-order valence-electron chi connectivity index (χ2n) is 7.05. The Morgan fingerprint density at radius 2 is 2.00 bits per heavy atom. The van der Waals surface area contributed by atoms with Crippen molar-refractivity contribution in [2.45, 2.75) is 59.5 Å². The average molecular weight is 263 g/mol. The van der Waals surface area contributed by atoms with Crippen molar-refractivity contribution < 1.29 is 4.39 Å². The van der Waals surface area contributed by atoms with E-state index in [1.807, 2.05) is 12.1 Å². The predicted molar refractivity (Wildman–Crippen MR) is 78.7 cm³/mol. The predicted octanol–water partition coefficient (Wildman–Crippen LogP) is 4.61. The maximum atomic E-state index is 13.6. The zero-order chi connectivity index (χ0) is 14.2. The van der Waals surface area contributed by atoms with Gasteiger partial charge in [0.2, 0.25) is 0 Å². The third kappa shape index (κ3) is 3.36. The van der Waals surface area contributed by atoms with Gasteiger partial charge in [-0.3, -0.25) is 0 Å². The van der Waals surface area contributed by atoms with Crippen LogP contribution in [0.5, 0.6) is 0 Å². The average Bonchev–Trinajstić information content (AvgIpc) is 2.55. The van der Waals surface area contributed by atoms with E-state index in [9.17, 15) is 4.39 Å². The summed E-state index contributed by atoms with van der Waals surface area (Å²) in [7, 11) is 0. The number of halogens is 1. The van der Waals surface area contributed by atoms with Gasteiger partial charge >= 0.3 is 0 Å². The van der Waals surface area contributed by atoms with Gasteiger partial charge in [0.25, 0.3) is 0 Å². The van der Waals surface area contributed by atoms with Gasteiger partial charge in [-0.05, 0) is 55.2 Å². The molecule has 3 atom stereocenters. The van der Waals surface area contributed by atoms with Gasteiger partial charge in [0.1, 0.15) is 5.82 Å². The van der Waals surface area contributed by atoms with Gasteiger partial charge in [0.05, 0.1) is 0 Å². The minimum absolute atomic E-state index is 0.106. The second kappa shape index (κ2) is 5.24. The number of hydrogen-bond acceptors (Lipinski definition) is 1. The van der Waals surface area contributed by atoms with Crippen molar-refractivity contribution in [1.82, 2.24) is 5.32 Å². The van der Waals surface area contributed by atoms with E-state index in [0.717, 1.165) is 5.56 Å². The maximum Gasteiger partial charge on any atom is 0.126 e. The van der Waals surface area contributed by atoms with Crippen LogP contribution in [0.4, 0.5) is 4.39 Å². The van der Waals surface area contributed by atoms with E-state index in [-0.39, 0.29) is 11.9 Å². The summed E-state index contributed by atoms with van der Waals surface area (Å²) in [4.78, 5) is 0. The van der Waals surface area contributed by atoms with Crippen LogP contribution in [0.15, 0.2) is 18.2 Å². The Morgan fingerprint density at radius 3 is 2.53 bits per heavy atom. The molecule has 1 aromatic carbocycles. The lowest BCUT2D eigenvalue weighted by molar-refractivity contribution is 0.356. The minimum Gasteiger partial charge on any atom is -0.307 e. The van der Waals surface area contributed by atoms with Crippen LogP contribution in [-0.2, 0) is 0 Å². The lowest BCUT2D eigenvalue weighted by Gasteiger charge is -2.24. The van der Waals surface area contributed by atoms with Crippen LogP contribution in [0.1, 0.15) is 57.7 Å². The van der Waals surface area contributed by atoms with Crippen LogP contribution >= 0.6 is 0 Å². The SMILES string of the molecule is Cc1ccc(C(C)NC2CC(C)(C)CC2C)cc1F. The Labute approximate surface area is 116 Å². The van der Waals surface area contributed by atoms with Crippen LogP contribution < -0.4 is 5.32 Å². The van der Waals surface area contributed by atoms with Gasteiger partial charge in [-0.1, -0.05) is 32.9 Å². The molecule has 0 aromatic heterocycles. The molecule has 1 N–H and O–H groups in total. The van der Waals surface area contributed by atoms with Crippen molar-refractivity contribution in [3.8, 4) is 0 Å². The Morgan fingerprint density at radius 1 is 1.32 bits per heavy atom. The molecule has 1 saturated carbocycles. The quantitative estimate of drug-likeness (QED) is 0.839. The van der Waals surface area contributed by atoms with Crippen LogP contribution in [0.3, 0.4) is 0 Å². The lowest BCUT2D eigenvalue weighted by atomic mass is 9.91. The summed E-state index contributed by atoms with van der Waals surface area (Å²) in [5.41, 5.74) is 2.18. The molecule has 0 radical (unpaired) electrons. The summed E-state index contributed by atoms with van der Waals surface area (Å²) in [5, 5.41) is 3.68. The van der Waals surface area contributed by atoms with E-state index in [4.69, 9.17) is 0 Å². The third-order valence-corrected chi connectivity index (χ3v) is 4.49. The molecule has 19 heavy (non-hydrogen) atoms. The molecule has 1 aromatic rings. The standard InChI is InChI=1S/C17H26FN/c1-11-6-7-14(8-15(11)18)13(3)19-16-10-17(4,5)9-12(16)2/h6-8,12-13,16,19H,9-10H2,1-5H3. The van der Waals surface area contributed by atoms with E-state index < -0.39 is 0 Å². The summed E-state index contributed by atoms with van der Waals surface area (Å²) in [6.45, 7) is 10.9. The van der Waals surface area contributed by atoms with E-state index in [2.05, 4.69) is 33.0 Å². The molecule has 0 saturated heterocycles. The molecule has 0 bridgehead atoms. The highest BCUT2D eigenvalue weighted by molar-refractivity contribution is 5.25. The largest absolute Gasteiger partial charge is 0.307 e. The number of rotatable bonds is 3. The Bertz CT molecular complexity index is 453.